The highest BCUT2D eigenvalue weighted by atomic mass is 16.3. The molecule has 102 valence electrons. The number of furan rings is 1. The predicted molar refractivity (Wildman–Crippen MR) is 80.4 cm³/mol. The van der Waals surface area contributed by atoms with E-state index in [1.807, 2.05) is 12.1 Å². The maximum absolute atomic E-state index is 5.39. The zero-order chi connectivity index (χ0) is 13.5. The van der Waals surface area contributed by atoms with Crippen molar-refractivity contribution >= 4 is 5.69 Å². The Morgan fingerprint density at radius 1 is 1.11 bits per heavy atom. The molecule has 1 unspecified atom stereocenters. The molecule has 0 aliphatic rings. The molecule has 0 aliphatic carbocycles. The topological polar surface area (TPSA) is 25.2 Å². The highest BCUT2D eigenvalue weighted by molar-refractivity contribution is 5.46. The smallest absolute Gasteiger partial charge is 0.125 e. The second-order valence-corrected chi connectivity index (χ2v) is 5.04. The molecular formula is C17H23NO. The average molecular weight is 257 g/mol. The molecule has 1 atom stereocenters. The lowest BCUT2D eigenvalue weighted by molar-refractivity contribution is 0.490. The van der Waals surface area contributed by atoms with Crippen molar-refractivity contribution in [1.82, 2.24) is 0 Å². The van der Waals surface area contributed by atoms with Crippen LogP contribution in [0.1, 0.15) is 50.5 Å². The van der Waals surface area contributed by atoms with Gasteiger partial charge in [-0.3, -0.25) is 0 Å². The highest BCUT2D eigenvalue weighted by Gasteiger charge is 2.07. The van der Waals surface area contributed by atoms with Crippen LogP contribution in [-0.4, -0.2) is 0 Å². The summed E-state index contributed by atoms with van der Waals surface area (Å²) in [5, 5.41) is 3.44. The number of unbranched alkanes of at least 4 members (excludes halogenated alkanes) is 2. The summed E-state index contributed by atoms with van der Waals surface area (Å²) in [6.45, 7) is 4.34. The standard InChI is InChI=1S/C17H23NO/c1-3-4-5-7-15-9-11-16(12-10-15)18-14(2)17-8-6-13-19-17/h6,8-14,18H,3-5,7H2,1-2H3. The normalized spacial score (nSPS) is 12.3. The molecule has 0 spiro atoms. The maximum atomic E-state index is 5.39. The van der Waals surface area contributed by atoms with Gasteiger partial charge in [-0.05, 0) is 49.6 Å². The fraction of sp³-hybridized carbons (Fsp3) is 0.412. The van der Waals surface area contributed by atoms with E-state index in [1.54, 1.807) is 6.26 Å². The molecule has 2 nitrogen and oxygen atoms in total. The zero-order valence-corrected chi connectivity index (χ0v) is 11.9. The van der Waals surface area contributed by atoms with Gasteiger partial charge in [-0.25, -0.2) is 0 Å². The molecule has 0 bridgehead atoms. The Bertz CT molecular complexity index is 459. The van der Waals surface area contributed by atoms with Crippen molar-refractivity contribution in [3.8, 4) is 0 Å². The summed E-state index contributed by atoms with van der Waals surface area (Å²) >= 11 is 0. The Morgan fingerprint density at radius 2 is 1.89 bits per heavy atom. The quantitative estimate of drug-likeness (QED) is 0.691. The van der Waals surface area contributed by atoms with Gasteiger partial charge in [0.15, 0.2) is 0 Å². The van der Waals surface area contributed by atoms with Crippen molar-refractivity contribution in [3.05, 3.63) is 54.0 Å². The number of aryl methyl sites for hydroxylation is 1. The Labute approximate surface area is 115 Å². The van der Waals surface area contributed by atoms with E-state index in [4.69, 9.17) is 4.42 Å². The van der Waals surface area contributed by atoms with Gasteiger partial charge in [0, 0.05) is 5.69 Å². The van der Waals surface area contributed by atoms with Crippen LogP contribution in [-0.2, 0) is 6.42 Å². The molecule has 0 saturated carbocycles. The van der Waals surface area contributed by atoms with Gasteiger partial charge in [0.2, 0.25) is 0 Å². The van der Waals surface area contributed by atoms with E-state index in [0.29, 0.717) is 0 Å². The van der Waals surface area contributed by atoms with Crippen LogP contribution in [0.3, 0.4) is 0 Å². The number of benzene rings is 1. The maximum Gasteiger partial charge on any atom is 0.125 e. The number of anilines is 1. The van der Waals surface area contributed by atoms with Gasteiger partial charge in [0.25, 0.3) is 0 Å². The van der Waals surface area contributed by atoms with E-state index < -0.39 is 0 Å². The Hall–Kier alpha value is -1.70. The fourth-order valence-electron chi connectivity index (χ4n) is 2.21. The summed E-state index contributed by atoms with van der Waals surface area (Å²) in [5.74, 6) is 0.965. The fourth-order valence-corrected chi connectivity index (χ4v) is 2.21. The first-order valence-electron chi connectivity index (χ1n) is 7.18. The van der Waals surface area contributed by atoms with Crippen LogP contribution in [0.4, 0.5) is 5.69 Å². The average Bonchev–Trinajstić information content (AvgIpc) is 2.95. The van der Waals surface area contributed by atoms with Crippen molar-refractivity contribution in [3.63, 3.8) is 0 Å². The van der Waals surface area contributed by atoms with E-state index in [1.165, 1.54) is 31.2 Å². The van der Waals surface area contributed by atoms with Crippen molar-refractivity contribution in [2.24, 2.45) is 0 Å². The number of rotatable bonds is 7. The van der Waals surface area contributed by atoms with Gasteiger partial charge in [0.05, 0.1) is 12.3 Å². The summed E-state index contributed by atoms with van der Waals surface area (Å²) in [6, 6.07) is 12.9. The van der Waals surface area contributed by atoms with Crippen molar-refractivity contribution < 1.29 is 4.42 Å². The van der Waals surface area contributed by atoms with Crippen LogP contribution in [0, 0.1) is 0 Å². The summed E-state index contributed by atoms with van der Waals surface area (Å²) in [6.07, 6.45) is 6.77. The molecule has 2 heteroatoms. The molecule has 0 amide bonds. The summed E-state index contributed by atoms with van der Waals surface area (Å²) in [7, 11) is 0. The van der Waals surface area contributed by atoms with Gasteiger partial charge in [-0.2, -0.15) is 0 Å². The van der Waals surface area contributed by atoms with Gasteiger partial charge < -0.3 is 9.73 Å². The van der Waals surface area contributed by atoms with Crippen LogP contribution >= 0.6 is 0 Å². The second-order valence-electron chi connectivity index (χ2n) is 5.04. The van der Waals surface area contributed by atoms with Gasteiger partial charge in [-0.15, -0.1) is 0 Å². The van der Waals surface area contributed by atoms with Gasteiger partial charge in [-0.1, -0.05) is 31.9 Å². The van der Waals surface area contributed by atoms with E-state index in [2.05, 4.69) is 43.4 Å². The molecule has 2 rings (SSSR count). The van der Waals surface area contributed by atoms with Crippen molar-refractivity contribution in [2.45, 2.75) is 45.6 Å². The molecular weight excluding hydrogens is 234 g/mol. The lowest BCUT2D eigenvalue weighted by atomic mass is 10.1. The monoisotopic (exact) mass is 257 g/mol. The lowest BCUT2D eigenvalue weighted by Crippen LogP contribution is -2.05. The minimum absolute atomic E-state index is 0.195. The minimum Gasteiger partial charge on any atom is -0.467 e. The SMILES string of the molecule is CCCCCc1ccc(NC(C)c2ccco2)cc1. The summed E-state index contributed by atoms with van der Waals surface area (Å²) < 4.78 is 5.39. The number of nitrogens with one attached hydrogen (secondary N) is 1. The van der Waals surface area contributed by atoms with Crippen LogP contribution in [0.25, 0.3) is 0 Å². The third-order valence-corrected chi connectivity index (χ3v) is 3.38. The summed E-state index contributed by atoms with van der Waals surface area (Å²) in [5.41, 5.74) is 2.56. The molecule has 19 heavy (non-hydrogen) atoms. The minimum atomic E-state index is 0.195. The summed E-state index contributed by atoms with van der Waals surface area (Å²) in [4.78, 5) is 0. The molecule has 0 saturated heterocycles. The van der Waals surface area contributed by atoms with Crippen molar-refractivity contribution in [2.75, 3.05) is 5.32 Å². The highest BCUT2D eigenvalue weighted by Crippen LogP contribution is 2.20. The van der Waals surface area contributed by atoms with Gasteiger partial charge >= 0.3 is 0 Å². The van der Waals surface area contributed by atoms with Crippen LogP contribution in [0.2, 0.25) is 0 Å². The Balaban J connectivity index is 1.88. The molecule has 2 aromatic rings. The molecule has 1 aromatic carbocycles. The van der Waals surface area contributed by atoms with E-state index in [0.717, 1.165) is 11.4 Å². The molecule has 0 radical (unpaired) electrons. The first kappa shape index (κ1) is 13.7. The molecule has 1 N–H and O–H groups in total. The number of hydrogen-bond donors (Lipinski definition) is 1. The molecule has 1 heterocycles. The first-order chi connectivity index (χ1) is 9.29. The predicted octanol–water partition coefficient (Wildman–Crippen LogP) is 5.19. The molecule has 0 fully saturated rings. The van der Waals surface area contributed by atoms with Crippen LogP contribution < -0.4 is 5.32 Å². The van der Waals surface area contributed by atoms with Crippen LogP contribution in [0.15, 0.2) is 47.1 Å². The first-order valence-corrected chi connectivity index (χ1v) is 7.18. The second kappa shape index (κ2) is 7.03. The van der Waals surface area contributed by atoms with E-state index in [9.17, 15) is 0 Å². The number of hydrogen-bond acceptors (Lipinski definition) is 2. The van der Waals surface area contributed by atoms with E-state index in [-0.39, 0.29) is 6.04 Å². The largest absolute Gasteiger partial charge is 0.467 e. The lowest BCUT2D eigenvalue weighted by Gasteiger charge is -2.13. The Morgan fingerprint density at radius 3 is 2.53 bits per heavy atom. The van der Waals surface area contributed by atoms with Crippen LogP contribution in [0.5, 0.6) is 0 Å². The third-order valence-electron chi connectivity index (χ3n) is 3.38. The Kier molecular flexibility index (Phi) is 5.08. The van der Waals surface area contributed by atoms with Crippen molar-refractivity contribution in [1.29, 1.82) is 0 Å². The van der Waals surface area contributed by atoms with E-state index >= 15 is 0 Å². The molecule has 0 aliphatic heterocycles. The van der Waals surface area contributed by atoms with Gasteiger partial charge in [0.1, 0.15) is 5.76 Å². The third kappa shape index (κ3) is 4.16. The molecule has 1 aromatic heterocycles. The zero-order valence-electron chi connectivity index (χ0n) is 11.9.